The van der Waals surface area contributed by atoms with Crippen molar-refractivity contribution in [3.63, 3.8) is 0 Å². The summed E-state index contributed by atoms with van der Waals surface area (Å²) in [7, 11) is -2.14. The topological polar surface area (TPSA) is 87.2 Å². The van der Waals surface area contributed by atoms with Crippen molar-refractivity contribution in [1.29, 1.82) is 0 Å². The molecule has 30 heavy (non-hydrogen) atoms. The Kier molecular flexibility index (Phi) is 6.89. The molecule has 8 heteroatoms. The fraction of sp³-hybridized carbons (Fsp3) is 0.591. The Hall–Kier alpha value is -1.90. The number of aliphatic hydroxyl groups is 1. The molecule has 1 N–H and O–H groups in total. The molecule has 0 radical (unpaired) electrons. The minimum atomic E-state index is -3.85. The molecule has 0 spiro atoms. The molecule has 2 aliphatic rings. The van der Waals surface area contributed by atoms with Crippen LogP contribution in [0.3, 0.4) is 0 Å². The lowest BCUT2D eigenvalue weighted by molar-refractivity contribution is -0.129. The van der Waals surface area contributed by atoms with Crippen molar-refractivity contribution in [3.8, 4) is 5.75 Å². The van der Waals surface area contributed by atoms with Gasteiger partial charge in [0.2, 0.25) is 15.9 Å². The number of hydrogen-bond acceptors (Lipinski definition) is 5. The van der Waals surface area contributed by atoms with E-state index in [1.54, 1.807) is 24.9 Å². The minimum Gasteiger partial charge on any atom is -0.487 e. The van der Waals surface area contributed by atoms with Crippen molar-refractivity contribution in [3.05, 3.63) is 29.8 Å². The van der Waals surface area contributed by atoms with Crippen LogP contribution < -0.4 is 4.74 Å². The number of sulfonamides is 1. The number of amides is 1. The van der Waals surface area contributed by atoms with Gasteiger partial charge in [0.1, 0.15) is 16.7 Å². The summed E-state index contributed by atoms with van der Waals surface area (Å²) in [6.07, 6.45) is 4.89. The van der Waals surface area contributed by atoms with Crippen molar-refractivity contribution in [2.24, 2.45) is 5.92 Å². The Labute approximate surface area is 179 Å². The van der Waals surface area contributed by atoms with Crippen LogP contribution in [-0.2, 0) is 14.8 Å². The number of aliphatic hydroxyl groups excluding tert-OH is 1. The molecule has 1 aliphatic heterocycles. The number of hydrogen-bond donors (Lipinski definition) is 1. The van der Waals surface area contributed by atoms with Crippen LogP contribution in [0.25, 0.3) is 5.57 Å². The highest BCUT2D eigenvalue weighted by molar-refractivity contribution is 7.89. The van der Waals surface area contributed by atoms with Gasteiger partial charge in [-0.25, -0.2) is 8.42 Å². The van der Waals surface area contributed by atoms with E-state index in [0.717, 1.165) is 24.8 Å². The summed E-state index contributed by atoms with van der Waals surface area (Å²) in [4.78, 5) is 13.5. The average Bonchev–Trinajstić information content (AvgIpc) is 3.24. The highest BCUT2D eigenvalue weighted by atomic mass is 32.2. The van der Waals surface area contributed by atoms with Crippen LogP contribution >= 0.6 is 0 Å². The summed E-state index contributed by atoms with van der Waals surface area (Å²) in [5.74, 6) is 0.0492. The third-order valence-corrected chi connectivity index (χ3v) is 8.09. The zero-order valence-electron chi connectivity index (χ0n) is 18.2. The summed E-state index contributed by atoms with van der Waals surface area (Å²) in [6.45, 7) is 5.39. The number of fused-ring (bicyclic) bond motifs is 1. The maximum absolute atomic E-state index is 13.4. The molecule has 0 unspecified atom stereocenters. The molecule has 1 aliphatic carbocycles. The van der Waals surface area contributed by atoms with Gasteiger partial charge < -0.3 is 14.7 Å². The predicted octanol–water partition coefficient (Wildman–Crippen LogP) is 2.50. The van der Waals surface area contributed by atoms with E-state index in [1.807, 2.05) is 19.1 Å². The first-order valence-electron chi connectivity index (χ1n) is 10.5. The van der Waals surface area contributed by atoms with E-state index in [4.69, 9.17) is 4.74 Å². The van der Waals surface area contributed by atoms with Gasteiger partial charge in [-0.15, -0.1) is 0 Å². The van der Waals surface area contributed by atoms with E-state index >= 15 is 0 Å². The lowest BCUT2D eigenvalue weighted by Crippen LogP contribution is -2.50. The molecule has 1 aromatic carbocycles. The van der Waals surface area contributed by atoms with E-state index < -0.39 is 16.1 Å². The number of likely N-dealkylation sites (N-methyl/N-ethyl adjacent to an activating group) is 1. The van der Waals surface area contributed by atoms with Gasteiger partial charge in [-0.1, -0.05) is 19.1 Å². The molecule has 0 fully saturated rings. The Morgan fingerprint density at radius 3 is 2.73 bits per heavy atom. The lowest BCUT2D eigenvalue weighted by Gasteiger charge is -2.37. The van der Waals surface area contributed by atoms with Gasteiger partial charge in [-0.3, -0.25) is 4.79 Å². The monoisotopic (exact) mass is 436 g/mol. The molecule has 0 bridgehead atoms. The van der Waals surface area contributed by atoms with Crippen LogP contribution in [0, 0.1) is 5.92 Å². The quantitative estimate of drug-likeness (QED) is 0.766. The fourth-order valence-electron chi connectivity index (χ4n) is 3.97. The number of ether oxygens (including phenoxy) is 1. The molecule has 1 amide bonds. The van der Waals surface area contributed by atoms with E-state index in [2.05, 4.69) is 6.08 Å². The Bertz CT molecular complexity index is 927. The summed E-state index contributed by atoms with van der Waals surface area (Å²) in [5, 5.41) is 9.69. The molecule has 0 aromatic heterocycles. The molecule has 0 saturated carbocycles. The first-order chi connectivity index (χ1) is 14.1. The Morgan fingerprint density at radius 2 is 2.13 bits per heavy atom. The highest BCUT2D eigenvalue weighted by Gasteiger charge is 2.38. The standard InChI is InChI=1S/C22H32N2O5S/c1-15-12-24(16(2)14-25)30(27,28)22-10-9-19(18-7-5-6-8-18)11-20(22)29-21(15)13-23(4)17(3)26/h7,9-11,15-16,21,25H,5-6,8,12-14H2,1-4H3/t15-,16+,21+/m0/s1. The predicted molar refractivity (Wildman–Crippen MR) is 116 cm³/mol. The van der Waals surface area contributed by atoms with Gasteiger partial charge in [0, 0.05) is 32.5 Å². The first-order valence-corrected chi connectivity index (χ1v) is 11.9. The van der Waals surface area contributed by atoms with Crippen LogP contribution in [0.15, 0.2) is 29.2 Å². The maximum Gasteiger partial charge on any atom is 0.247 e. The summed E-state index contributed by atoms with van der Waals surface area (Å²) in [5.41, 5.74) is 2.17. The van der Waals surface area contributed by atoms with Crippen LogP contribution in [-0.4, -0.2) is 67.5 Å². The van der Waals surface area contributed by atoms with Crippen molar-refractivity contribution in [2.45, 2.75) is 57.1 Å². The van der Waals surface area contributed by atoms with Gasteiger partial charge in [0.25, 0.3) is 0 Å². The smallest absolute Gasteiger partial charge is 0.247 e. The van der Waals surface area contributed by atoms with Gasteiger partial charge in [-0.2, -0.15) is 4.31 Å². The molecule has 7 nitrogen and oxygen atoms in total. The normalized spacial score (nSPS) is 24.8. The van der Waals surface area contributed by atoms with E-state index in [9.17, 15) is 18.3 Å². The molecule has 1 aromatic rings. The maximum atomic E-state index is 13.4. The number of nitrogens with zero attached hydrogens (tertiary/aromatic N) is 2. The van der Waals surface area contributed by atoms with Gasteiger partial charge in [0.05, 0.1) is 13.2 Å². The van der Waals surface area contributed by atoms with Crippen LogP contribution in [0.1, 0.15) is 45.6 Å². The summed E-state index contributed by atoms with van der Waals surface area (Å²) < 4.78 is 34.5. The van der Waals surface area contributed by atoms with Crippen LogP contribution in [0.5, 0.6) is 5.75 Å². The number of carbonyl (C=O) groups is 1. The molecule has 3 rings (SSSR count). The molecule has 1 heterocycles. The number of rotatable bonds is 5. The molecular formula is C22H32N2O5S. The third kappa shape index (κ3) is 4.55. The molecule has 0 saturated heterocycles. The third-order valence-electron chi connectivity index (χ3n) is 6.07. The van der Waals surface area contributed by atoms with Crippen LogP contribution in [0.4, 0.5) is 0 Å². The van der Waals surface area contributed by atoms with Crippen molar-refractivity contribution in [2.75, 3.05) is 26.7 Å². The largest absolute Gasteiger partial charge is 0.487 e. The van der Waals surface area contributed by atoms with Crippen molar-refractivity contribution < 1.29 is 23.1 Å². The number of allylic oxidation sites excluding steroid dienone is 2. The Morgan fingerprint density at radius 1 is 1.40 bits per heavy atom. The molecular weight excluding hydrogens is 404 g/mol. The average molecular weight is 437 g/mol. The zero-order valence-corrected chi connectivity index (χ0v) is 19.0. The van der Waals surface area contributed by atoms with Gasteiger partial charge in [-0.05, 0) is 49.5 Å². The summed E-state index contributed by atoms with van der Waals surface area (Å²) in [6, 6.07) is 4.69. The first kappa shape index (κ1) is 22.8. The van der Waals surface area contributed by atoms with Crippen molar-refractivity contribution in [1.82, 2.24) is 9.21 Å². The molecule has 166 valence electrons. The lowest BCUT2D eigenvalue weighted by atomic mass is 10.0. The van der Waals surface area contributed by atoms with Gasteiger partial charge >= 0.3 is 0 Å². The van der Waals surface area contributed by atoms with Gasteiger partial charge in [0.15, 0.2) is 0 Å². The summed E-state index contributed by atoms with van der Waals surface area (Å²) >= 11 is 0. The highest BCUT2D eigenvalue weighted by Crippen LogP contribution is 2.37. The van der Waals surface area contributed by atoms with E-state index in [-0.39, 0.29) is 36.0 Å². The second-order valence-corrected chi connectivity index (χ2v) is 10.3. The second kappa shape index (κ2) is 9.08. The minimum absolute atomic E-state index is 0.0776. The number of benzene rings is 1. The fourth-order valence-corrected chi connectivity index (χ4v) is 5.80. The Balaban J connectivity index is 2.09. The van der Waals surface area contributed by atoms with E-state index in [1.165, 1.54) is 16.8 Å². The zero-order chi connectivity index (χ0) is 22.1. The van der Waals surface area contributed by atoms with E-state index in [0.29, 0.717) is 12.3 Å². The number of carbonyl (C=O) groups excluding carboxylic acids is 1. The second-order valence-electron chi connectivity index (χ2n) is 8.42. The molecule has 3 atom stereocenters. The SMILES string of the molecule is CC(=O)N(C)C[C@H]1Oc2cc(C3=CCCC3)ccc2S(=O)(=O)N([C@H](C)CO)C[C@@H]1C. The van der Waals surface area contributed by atoms with Crippen LogP contribution in [0.2, 0.25) is 0 Å². The van der Waals surface area contributed by atoms with Crippen molar-refractivity contribution >= 4 is 21.5 Å².